The van der Waals surface area contributed by atoms with Gasteiger partial charge in [-0.25, -0.2) is 4.68 Å². The second-order valence-corrected chi connectivity index (χ2v) is 7.01. The Morgan fingerprint density at radius 3 is 2.38 bits per heavy atom. The van der Waals surface area contributed by atoms with Crippen LogP contribution in [0.25, 0.3) is 16.9 Å². The molecule has 29 heavy (non-hydrogen) atoms. The standard InChI is InChI=1S/C23H23N5O/c1-18(27-15-9-14-24-27)23(29)26(2)16-20-17-28(21-12-7-4-8-13-21)25-22(20)19-10-5-3-6-11-19/h3-15,17-18H,16H2,1-2H3. The van der Waals surface area contributed by atoms with Crippen molar-refractivity contribution in [1.29, 1.82) is 0 Å². The quantitative estimate of drug-likeness (QED) is 0.505. The molecule has 0 N–H and O–H groups in total. The Balaban J connectivity index is 1.65. The summed E-state index contributed by atoms with van der Waals surface area (Å²) in [7, 11) is 1.82. The molecule has 0 bridgehead atoms. The molecule has 146 valence electrons. The molecular weight excluding hydrogens is 362 g/mol. The minimum absolute atomic E-state index is 0.000160. The predicted octanol–water partition coefficient (Wildman–Crippen LogP) is 3.96. The summed E-state index contributed by atoms with van der Waals surface area (Å²) in [6.07, 6.45) is 5.49. The average molecular weight is 385 g/mol. The molecule has 2 heterocycles. The number of amides is 1. The lowest BCUT2D eigenvalue weighted by molar-refractivity contribution is -0.133. The average Bonchev–Trinajstić information content (AvgIpc) is 3.44. The lowest BCUT2D eigenvalue weighted by Crippen LogP contribution is -2.33. The summed E-state index contributed by atoms with van der Waals surface area (Å²) >= 11 is 0. The van der Waals surface area contributed by atoms with E-state index in [1.54, 1.807) is 22.0 Å². The maximum atomic E-state index is 12.9. The van der Waals surface area contributed by atoms with Crippen molar-refractivity contribution in [2.75, 3.05) is 7.05 Å². The topological polar surface area (TPSA) is 56.0 Å². The van der Waals surface area contributed by atoms with Gasteiger partial charge < -0.3 is 4.90 Å². The molecule has 0 saturated heterocycles. The number of rotatable bonds is 6. The number of likely N-dealkylation sites (N-methyl/N-ethyl adjacent to an activating group) is 1. The molecule has 2 aromatic heterocycles. The molecule has 1 amide bonds. The summed E-state index contributed by atoms with van der Waals surface area (Å²) < 4.78 is 3.54. The highest BCUT2D eigenvalue weighted by molar-refractivity contribution is 5.80. The van der Waals surface area contributed by atoms with Crippen LogP contribution in [0.3, 0.4) is 0 Å². The largest absolute Gasteiger partial charge is 0.339 e. The first-order chi connectivity index (χ1) is 14.1. The van der Waals surface area contributed by atoms with E-state index in [0.29, 0.717) is 6.54 Å². The van der Waals surface area contributed by atoms with Gasteiger partial charge in [0, 0.05) is 43.3 Å². The van der Waals surface area contributed by atoms with Gasteiger partial charge in [-0.1, -0.05) is 48.5 Å². The van der Waals surface area contributed by atoms with Gasteiger partial charge in [-0.2, -0.15) is 10.2 Å². The Kier molecular flexibility index (Phi) is 5.24. The van der Waals surface area contributed by atoms with Gasteiger partial charge in [0.2, 0.25) is 5.91 Å². The zero-order valence-electron chi connectivity index (χ0n) is 16.5. The van der Waals surface area contributed by atoms with Gasteiger partial charge in [0.05, 0.1) is 11.4 Å². The van der Waals surface area contributed by atoms with Crippen molar-refractivity contribution >= 4 is 5.91 Å². The van der Waals surface area contributed by atoms with Crippen LogP contribution in [-0.2, 0) is 11.3 Å². The summed E-state index contributed by atoms with van der Waals surface area (Å²) in [6.45, 7) is 2.32. The normalized spacial score (nSPS) is 11.9. The third-order valence-electron chi connectivity index (χ3n) is 4.92. The number of aromatic nitrogens is 4. The van der Waals surface area contributed by atoms with Gasteiger partial charge in [0.15, 0.2) is 0 Å². The Morgan fingerprint density at radius 2 is 1.72 bits per heavy atom. The van der Waals surface area contributed by atoms with Crippen LogP contribution in [0.15, 0.2) is 85.3 Å². The van der Waals surface area contributed by atoms with E-state index in [1.807, 2.05) is 91.6 Å². The second-order valence-electron chi connectivity index (χ2n) is 7.01. The van der Waals surface area contributed by atoms with Crippen LogP contribution in [0.1, 0.15) is 18.5 Å². The number of carbonyl (C=O) groups is 1. The lowest BCUT2D eigenvalue weighted by Gasteiger charge is -2.21. The fraction of sp³-hybridized carbons (Fsp3) is 0.174. The predicted molar refractivity (Wildman–Crippen MR) is 112 cm³/mol. The first kappa shape index (κ1) is 18.7. The highest BCUT2D eigenvalue weighted by atomic mass is 16.2. The van der Waals surface area contributed by atoms with Gasteiger partial charge >= 0.3 is 0 Å². The summed E-state index contributed by atoms with van der Waals surface area (Å²) in [5.74, 6) is 0.000160. The van der Waals surface area contributed by atoms with Crippen molar-refractivity contribution < 1.29 is 4.79 Å². The van der Waals surface area contributed by atoms with Crippen molar-refractivity contribution in [1.82, 2.24) is 24.5 Å². The second kappa shape index (κ2) is 8.14. The third kappa shape index (κ3) is 3.96. The molecule has 4 aromatic rings. The van der Waals surface area contributed by atoms with E-state index < -0.39 is 0 Å². The molecule has 0 fully saturated rings. The zero-order valence-corrected chi connectivity index (χ0v) is 16.5. The van der Waals surface area contributed by atoms with Crippen LogP contribution in [0.2, 0.25) is 0 Å². The highest BCUT2D eigenvalue weighted by Crippen LogP contribution is 2.25. The number of nitrogens with zero attached hydrogens (tertiary/aromatic N) is 5. The molecule has 0 spiro atoms. The maximum Gasteiger partial charge on any atom is 0.247 e. The summed E-state index contributed by atoms with van der Waals surface area (Å²) in [5.41, 5.74) is 3.87. The van der Waals surface area contributed by atoms with Gasteiger partial charge in [-0.15, -0.1) is 0 Å². The lowest BCUT2D eigenvalue weighted by atomic mass is 10.1. The zero-order chi connectivity index (χ0) is 20.2. The molecule has 0 aliphatic rings. The Hall–Kier alpha value is -3.67. The van der Waals surface area contributed by atoms with Crippen molar-refractivity contribution in [3.63, 3.8) is 0 Å². The van der Waals surface area contributed by atoms with E-state index in [4.69, 9.17) is 5.10 Å². The summed E-state index contributed by atoms with van der Waals surface area (Å²) in [5, 5.41) is 9.01. The van der Waals surface area contributed by atoms with Gasteiger partial charge in [-0.05, 0) is 25.1 Å². The van der Waals surface area contributed by atoms with Crippen LogP contribution in [0.5, 0.6) is 0 Å². The van der Waals surface area contributed by atoms with Crippen molar-refractivity contribution in [2.45, 2.75) is 19.5 Å². The van der Waals surface area contributed by atoms with Gasteiger partial charge in [0.1, 0.15) is 6.04 Å². The van der Waals surface area contributed by atoms with Crippen LogP contribution in [-0.4, -0.2) is 37.4 Å². The molecule has 0 radical (unpaired) electrons. The third-order valence-corrected chi connectivity index (χ3v) is 4.92. The minimum atomic E-state index is -0.362. The fourth-order valence-corrected chi connectivity index (χ4v) is 3.35. The van der Waals surface area contributed by atoms with E-state index in [2.05, 4.69) is 5.10 Å². The van der Waals surface area contributed by atoms with Gasteiger partial charge in [-0.3, -0.25) is 9.48 Å². The van der Waals surface area contributed by atoms with E-state index in [1.165, 1.54) is 0 Å². The molecule has 0 saturated carbocycles. The summed E-state index contributed by atoms with van der Waals surface area (Å²) in [4.78, 5) is 14.6. The summed E-state index contributed by atoms with van der Waals surface area (Å²) in [6, 6.07) is 21.5. The van der Waals surface area contributed by atoms with Crippen molar-refractivity contribution in [3.8, 4) is 16.9 Å². The molecule has 0 aliphatic carbocycles. The number of carbonyl (C=O) groups excluding carboxylic acids is 1. The van der Waals surface area contributed by atoms with Crippen LogP contribution in [0, 0.1) is 0 Å². The van der Waals surface area contributed by atoms with Gasteiger partial charge in [0.25, 0.3) is 0 Å². The SMILES string of the molecule is CC(C(=O)N(C)Cc1cn(-c2ccccc2)nc1-c1ccccc1)n1cccn1. The van der Waals surface area contributed by atoms with E-state index in [0.717, 1.165) is 22.5 Å². The van der Waals surface area contributed by atoms with E-state index in [9.17, 15) is 4.79 Å². The van der Waals surface area contributed by atoms with E-state index >= 15 is 0 Å². The van der Waals surface area contributed by atoms with Crippen LogP contribution in [0.4, 0.5) is 0 Å². The number of hydrogen-bond acceptors (Lipinski definition) is 3. The Bertz CT molecular complexity index is 1070. The monoisotopic (exact) mass is 385 g/mol. The molecule has 0 aliphatic heterocycles. The van der Waals surface area contributed by atoms with Crippen molar-refractivity contribution in [3.05, 3.63) is 90.9 Å². The molecule has 6 heteroatoms. The molecular formula is C23H23N5O. The first-order valence-corrected chi connectivity index (χ1v) is 9.57. The number of para-hydroxylation sites is 1. The molecule has 1 unspecified atom stereocenters. The smallest absolute Gasteiger partial charge is 0.247 e. The molecule has 1 atom stereocenters. The fourth-order valence-electron chi connectivity index (χ4n) is 3.35. The Morgan fingerprint density at radius 1 is 1.03 bits per heavy atom. The molecule has 4 rings (SSSR count). The van der Waals surface area contributed by atoms with E-state index in [-0.39, 0.29) is 11.9 Å². The minimum Gasteiger partial charge on any atom is -0.339 e. The van der Waals surface area contributed by atoms with Crippen molar-refractivity contribution in [2.24, 2.45) is 0 Å². The molecule has 2 aromatic carbocycles. The number of hydrogen-bond donors (Lipinski definition) is 0. The first-order valence-electron chi connectivity index (χ1n) is 9.57. The van der Waals surface area contributed by atoms with Crippen LogP contribution < -0.4 is 0 Å². The number of benzene rings is 2. The highest BCUT2D eigenvalue weighted by Gasteiger charge is 2.22. The maximum absolute atomic E-state index is 12.9. The molecule has 6 nitrogen and oxygen atoms in total. The van der Waals surface area contributed by atoms with Crippen LogP contribution >= 0.6 is 0 Å². The Labute approximate surface area is 170 Å².